The zero-order valence-corrected chi connectivity index (χ0v) is 23.9. The highest BCUT2D eigenvalue weighted by Gasteiger charge is 2.72. The molecule has 198 valence electrons. The molecule has 0 heterocycles. The molecule has 5 saturated carbocycles. The van der Waals surface area contributed by atoms with Gasteiger partial charge in [-0.3, -0.25) is 4.79 Å². The summed E-state index contributed by atoms with van der Waals surface area (Å²) in [5, 5.41) is 12.1. The van der Waals surface area contributed by atoms with Crippen molar-refractivity contribution in [1.29, 1.82) is 0 Å². The zero-order chi connectivity index (χ0) is 25.8. The van der Waals surface area contributed by atoms with Crippen molar-refractivity contribution in [1.82, 2.24) is 0 Å². The molecule has 0 amide bonds. The first-order valence-corrected chi connectivity index (χ1v) is 14.6. The summed E-state index contributed by atoms with van der Waals surface area (Å²) in [6.45, 7) is 23.2. The third-order valence-corrected chi connectivity index (χ3v) is 13.7. The van der Waals surface area contributed by atoms with Crippen molar-refractivity contribution in [3.63, 3.8) is 0 Å². The Bertz CT molecular complexity index is 906. The van der Waals surface area contributed by atoms with Crippen LogP contribution < -0.4 is 0 Å². The quantitative estimate of drug-likeness (QED) is 0.325. The molecule has 5 aliphatic rings. The lowest BCUT2D eigenvalue weighted by Gasteiger charge is -2.73. The molecule has 0 aliphatic heterocycles. The molecule has 0 bridgehead atoms. The van der Waals surface area contributed by atoms with Gasteiger partial charge in [0, 0.05) is 12.3 Å². The summed E-state index contributed by atoms with van der Waals surface area (Å²) in [5.41, 5.74) is 2.16. The van der Waals surface area contributed by atoms with Crippen LogP contribution in [0.15, 0.2) is 12.2 Å². The maximum Gasteiger partial charge on any atom is 0.302 e. The molecule has 35 heavy (non-hydrogen) atoms. The molecule has 0 spiro atoms. The van der Waals surface area contributed by atoms with Crippen LogP contribution >= 0.6 is 0 Å². The molecule has 0 radical (unpaired) electrons. The Morgan fingerprint density at radius 1 is 0.886 bits per heavy atom. The topological polar surface area (TPSA) is 46.5 Å². The number of aliphatic hydroxyl groups excluding tert-OH is 1. The SMILES string of the molecule is C=C(C)C1CCC2(C)CCC3(C)C(CC(O)C4C5(C)CCC(OC(C)=O)C(C)(C)C5CCC43C)C12. The third-order valence-electron chi connectivity index (χ3n) is 13.7. The first-order valence-electron chi connectivity index (χ1n) is 14.6. The number of carbonyl (C=O) groups is 1. The van der Waals surface area contributed by atoms with Gasteiger partial charge in [0.15, 0.2) is 0 Å². The summed E-state index contributed by atoms with van der Waals surface area (Å²) in [6, 6.07) is 0. The van der Waals surface area contributed by atoms with Gasteiger partial charge in [-0.1, -0.05) is 53.7 Å². The summed E-state index contributed by atoms with van der Waals surface area (Å²) >= 11 is 0. The first-order chi connectivity index (χ1) is 16.1. The number of rotatable bonds is 2. The Labute approximate surface area is 214 Å². The lowest BCUT2D eigenvalue weighted by Crippen LogP contribution is -2.70. The molecule has 3 heteroatoms. The van der Waals surface area contributed by atoms with Gasteiger partial charge in [0.25, 0.3) is 0 Å². The van der Waals surface area contributed by atoms with Crippen LogP contribution in [0.1, 0.15) is 113 Å². The van der Waals surface area contributed by atoms with Crippen molar-refractivity contribution in [2.45, 2.75) is 125 Å². The van der Waals surface area contributed by atoms with Gasteiger partial charge in [-0.05, 0) is 116 Å². The van der Waals surface area contributed by atoms with Crippen molar-refractivity contribution in [2.75, 3.05) is 0 Å². The first kappa shape index (κ1) is 25.8. The van der Waals surface area contributed by atoms with Crippen LogP contribution in [0.5, 0.6) is 0 Å². The number of allylic oxidation sites excluding steroid dienone is 1. The molecule has 11 atom stereocenters. The number of hydrogen-bond acceptors (Lipinski definition) is 3. The maximum absolute atomic E-state index is 12.1. The van der Waals surface area contributed by atoms with Gasteiger partial charge in [0.05, 0.1) is 6.10 Å². The Balaban J connectivity index is 1.54. The second-order valence-corrected chi connectivity index (χ2v) is 15.4. The number of carbonyl (C=O) groups excluding carboxylic acids is 1. The monoisotopic (exact) mass is 484 g/mol. The lowest BCUT2D eigenvalue weighted by molar-refractivity contribution is -0.276. The molecule has 11 unspecified atom stereocenters. The van der Waals surface area contributed by atoms with Gasteiger partial charge in [0.1, 0.15) is 6.10 Å². The van der Waals surface area contributed by atoms with Crippen molar-refractivity contribution in [3.8, 4) is 0 Å². The lowest BCUT2D eigenvalue weighted by atomic mass is 9.32. The van der Waals surface area contributed by atoms with Gasteiger partial charge in [-0.25, -0.2) is 0 Å². The van der Waals surface area contributed by atoms with Crippen molar-refractivity contribution >= 4 is 5.97 Å². The van der Waals surface area contributed by atoms with Gasteiger partial charge < -0.3 is 9.84 Å². The summed E-state index contributed by atoms with van der Waals surface area (Å²) in [5.74, 6) is 2.46. The van der Waals surface area contributed by atoms with Crippen LogP contribution in [-0.4, -0.2) is 23.3 Å². The molecule has 3 nitrogen and oxygen atoms in total. The van der Waals surface area contributed by atoms with E-state index in [9.17, 15) is 9.90 Å². The number of ether oxygens (including phenoxy) is 1. The van der Waals surface area contributed by atoms with E-state index in [2.05, 4.69) is 55.0 Å². The predicted octanol–water partition coefficient (Wildman–Crippen LogP) is 7.57. The van der Waals surface area contributed by atoms with Crippen LogP contribution in [0.4, 0.5) is 0 Å². The van der Waals surface area contributed by atoms with Gasteiger partial charge in [0.2, 0.25) is 0 Å². The van der Waals surface area contributed by atoms with Crippen LogP contribution in [0.25, 0.3) is 0 Å². The average molecular weight is 485 g/mol. The number of hydrogen-bond donors (Lipinski definition) is 1. The van der Waals surface area contributed by atoms with Crippen LogP contribution in [0.2, 0.25) is 0 Å². The highest BCUT2D eigenvalue weighted by atomic mass is 16.5. The Morgan fingerprint density at radius 3 is 2.20 bits per heavy atom. The van der Waals surface area contributed by atoms with E-state index < -0.39 is 0 Å². The molecule has 0 aromatic heterocycles. The minimum absolute atomic E-state index is 0.0169. The van der Waals surface area contributed by atoms with Crippen LogP contribution in [-0.2, 0) is 9.53 Å². The van der Waals surface area contributed by atoms with E-state index >= 15 is 0 Å². The predicted molar refractivity (Wildman–Crippen MR) is 142 cm³/mol. The largest absolute Gasteiger partial charge is 0.462 e. The van der Waals surface area contributed by atoms with E-state index in [1.165, 1.54) is 44.1 Å². The molecule has 5 rings (SSSR count). The fraction of sp³-hybridized carbons (Fsp3) is 0.906. The van der Waals surface area contributed by atoms with Crippen molar-refractivity contribution in [2.24, 2.45) is 56.7 Å². The van der Waals surface area contributed by atoms with E-state index in [4.69, 9.17) is 4.74 Å². The molecule has 5 fully saturated rings. The highest BCUT2D eigenvalue weighted by Crippen LogP contribution is 2.77. The fourth-order valence-corrected chi connectivity index (χ4v) is 11.9. The fourth-order valence-electron chi connectivity index (χ4n) is 11.9. The van der Waals surface area contributed by atoms with E-state index in [-0.39, 0.29) is 39.8 Å². The molecular weight excluding hydrogens is 432 g/mol. The summed E-state index contributed by atoms with van der Waals surface area (Å²) < 4.78 is 5.88. The maximum atomic E-state index is 12.1. The molecular formula is C32H52O3. The van der Waals surface area contributed by atoms with Gasteiger partial charge >= 0.3 is 5.97 Å². The van der Waals surface area contributed by atoms with E-state index in [1.54, 1.807) is 6.92 Å². The van der Waals surface area contributed by atoms with Crippen molar-refractivity contribution in [3.05, 3.63) is 12.2 Å². The molecule has 0 aromatic rings. The van der Waals surface area contributed by atoms with E-state index in [0.717, 1.165) is 19.3 Å². The zero-order valence-electron chi connectivity index (χ0n) is 23.9. The summed E-state index contributed by atoms with van der Waals surface area (Å²) in [4.78, 5) is 11.9. The minimum atomic E-state index is -0.249. The van der Waals surface area contributed by atoms with Crippen molar-refractivity contribution < 1.29 is 14.6 Å². The summed E-state index contributed by atoms with van der Waals surface area (Å²) in [7, 11) is 0. The average Bonchev–Trinajstić information content (AvgIpc) is 3.09. The molecule has 5 aliphatic carbocycles. The third kappa shape index (κ3) is 3.28. The number of fused-ring (bicyclic) bond motifs is 7. The van der Waals surface area contributed by atoms with Gasteiger partial charge in [-0.15, -0.1) is 0 Å². The highest BCUT2D eigenvalue weighted by molar-refractivity contribution is 5.66. The smallest absolute Gasteiger partial charge is 0.302 e. The second kappa shape index (κ2) is 7.84. The molecule has 1 N–H and O–H groups in total. The van der Waals surface area contributed by atoms with E-state index in [1.807, 2.05) is 0 Å². The van der Waals surface area contributed by atoms with Crippen LogP contribution in [0.3, 0.4) is 0 Å². The van der Waals surface area contributed by atoms with Gasteiger partial charge in [-0.2, -0.15) is 0 Å². The second-order valence-electron chi connectivity index (χ2n) is 15.4. The summed E-state index contributed by atoms with van der Waals surface area (Å²) in [6.07, 6.45) is 10.2. The Hall–Kier alpha value is -0.830. The Morgan fingerprint density at radius 2 is 1.57 bits per heavy atom. The molecule has 0 saturated heterocycles. The van der Waals surface area contributed by atoms with Crippen LogP contribution in [0, 0.1) is 56.7 Å². The normalized spacial score (nSPS) is 54.6. The Kier molecular flexibility index (Phi) is 5.78. The van der Waals surface area contributed by atoms with E-state index in [0.29, 0.717) is 35.0 Å². The number of esters is 1. The minimum Gasteiger partial charge on any atom is -0.462 e. The standard InChI is InChI=1S/C32H52O3/c1-19(2)21-10-13-29(6)16-17-31(8)22(26(21)29)18-23(34)27-30(7)14-12-25(35-20(3)33)28(4,5)24(30)11-15-32(27,31)9/h21-27,34H,1,10-18H2,2-9H3. The molecule has 0 aromatic carbocycles. The number of aliphatic hydroxyl groups is 1.